The first-order chi connectivity index (χ1) is 13.2. The zero-order chi connectivity index (χ0) is 18.8. The topological polar surface area (TPSA) is 88.9 Å². The molecule has 1 fully saturated rings. The fourth-order valence-corrected chi connectivity index (χ4v) is 3.78. The lowest BCUT2D eigenvalue weighted by molar-refractivity contribution is 0.178. The highest BCUT2D eigenvalue weighted by atomic mass is 16.5. The second-order valence-electron chi connectivity index (χ2n) is 7.04. The van der Waals surface area contributed by atoms with Crippen LogP contribution in [0, 0.1) is 6.92 Å². The number of fused-ring (bicyclic) bond motifs is 1. The van der Waals surface area contributed by atoms with Gasteiger partial charge in [-0.05, 0) is 66.4 Å². The van der Waals surface area contributed by atoms with Crippen LogP contribution in [0.5, 0.6) is 0 Å². The molecule has 8 nitrogen and oxygen atoms in total. The van der Waals surface area contributed by atoms with E-state index in [2.05, 4.69) is 31.5 Å². The quantitative estimate of drug-likeness (QED) is 0.712. The van der Waals surface area contributed by atoms with Gasteiger partial charge in [-0.25, -0.2) is 4.68 Å². The SMILES string of the molecule is COCCn1nnnc1[C@H](c1cc2ccc(C)cc2[nH]c1=O)N1CCCC1. The lowest BCUT2D eigenvalue weighted by atomic mass is 10.0. The fourth-order valence-electron chi connectivity index (χ4n) is 3.78. The van der Waals surface area contributed by atoms with Gasteiger partial charge in [0.1, 0.15) is 6.04 Å². The van der Waals surface area contributed by atoms with Crippen molar-refractivity contribution in [3.8, 4) is 0 Å². The predicted molar refractivity (Wildman–Crippen MR) is 102 cm³/mol. The molecule has 0 amide bonds. The highest BCUT2D eigenvalue weighted by molar-refractivity contribution is 5.79. The molecule has 1 saturated heterocycles. The average molecular weight is 368 g/mol. The smallest absolute Gasteiger partial charge is 0.253 e. The predicted octanol–water partition coefficient (Wildman–Crippen LogP) is 1.65. The number of H-pyrrole nitrogens is 1. The molecular formula is C19H24N6O2. The van der Waals surface area contributed by atoms with E-state index in [1.165, 1.54) is 0 Å². The molecule has 1 aliphatic heterocycles. The van der Waals surface area contributed by atoms with Crippen LogP contribution in [-0.2, 0) is 11.3 Å². The number of tetrazole rings is 1. The number of hydrogen-bond acceptors (Lipinski definition) is 6. The van der Waals surface area contributed by atoms with Crippen LogP contribution in [0.15, 0.2) is 29.1 Å². The molecule has 0 spiro atoms. The Bertz CT molecular complexity index is 989. The first-order valence-corrected chi connectivity index (χ1v) is 9.30. The van der Waals surface area contributed by atoms with Gasteiger partial charge in [-0.1, -0.05) is 12.1 Å². The third-order valence-corrected chi connectivity index (χ3v) is 5.14. The molecule has 0 bridgehead atoms. The molecule has 142 valence electrons. The number of nitrogens with one attached hydrogen (secondary N) is 1. The third kappa shape index (κ3) is 3.50. The number of hydrogen-bond donors (Lipinski definition) is 1. The van der Waals surface area contributed by atoms with Crippen LogP contribution in [-0.4, -0.2) is 56.9 Å². The van der Waals surface area contributed by atoms with Crippen molar-refractivity contribution in [1.29, 1.82) is 0 Å². The highest BCUT2D eigenvalue weighted by Crippen LogP contribution is 2.29. The molecule has 1 N–H and O–H groups in total. The summed E-state index contributed by atoms with van der Waals surface area (Å²) >= 11 is 0. The number of aromatic nitrogens is 5. The first-order valence-electron chi connectivity index (χ1n) is 9.30. The lowest BCUT2D eigenvalue weighted by Gasteiger charge is -2.26. The number of pyridine rings is 1. The molecule has 4 rings (SSSR count). The summed E-state index contributed by atoms with van der Waals surface area (Å²) < 4.78 is 6.92. The molecule has 1 aromatic carbocycles. The standard InChI is InChI=1S/C19H24N6O2/c1-13-5-6-14-12-15(19(26)20-16(14)11-13)17(24-7-3-4-8-24)18-21-22-23-25(18)9-10-27-2/h5-6,11-12,17H,3-4,7-10H2,1-2H3,(H,20,26)/t17-/m0/s1. The average Bonchev–Trinajstić information content (AvgIpc) is 3.33. The van der Waals surface area contributed by atoms with E-state index in [9.17, 15) is 4.79 Å². The number of aryl methyl sites for hydroxylation is 1. The summed E-state index contributed by atoms with van der Waals surface area (Å²) in [6, 6.07) is 7.80. The molecule has 3 heterocycles. The fraction of sp³-hybridized carbons (Fsp3) is 0.474. The van der Waals surface area contributed by atoms with Crippen LogP contribution in [0.2, 0.25) is 0 Å². The van der Waals surface area contributed by atoms with Crippen LogP contribution >= 0.6 is 0 Å². The summed E-state index contributed by atoms with van der Waals surface area (Å²) in [4.78, 5) is 18.3. The van der Waals surface area contributed by atoms with Crippen LogP contribution < -0.4 is 5.56 Å². The maximum Gasteiger partial charge on any atom is 0.253 e. The number of aromatic amines is 1. The number of nitrogens with zero attached hydrogens (tertiary/aromatic N) is 5. The minimum absolute atomic E-state index is 0.0914. The zero-order valence-corrected chi connectivity index (χ0v) is 15.7. The summed E-state index contributed by atoms with van der Waals surface area (Å²) in [5.41, 5.74) is 2.56. The molecule has 3 aromatic rings. The van der Waals surface area contributed by atoms with Crippen LogP contribution in [0.1, 0.15) is 35.8 Å². The van der Waals surface area contributed by atoms with Gasteiger partial charge >= 0.3 is 0 Å². The molecular weight excluding hydrogens is 344 g/mol. The van der Waals surface area contributed by atoms with Crippen LogP contribution in [0.3, 0.4) is 0 Å². The van der Waals surface area contributed by atoms with Gasteiger partial charge in [-0.15, -0.1) is 5.10 Å². The molecule has 2 aromatic heterocycles. The molecule has 0 aliphatic carbocycles. The molecule has 1 aliphatic rings. The maximum absolute atomic E-state index is 13.0. The van der Waals surface area contributed by atoms with E-state index in [0.717, 1.165) is 42.4 Å². The molecule has 0 radical (unpaired) electrons. The second kappa shape index (κ2) is 7.58. The molecule has 1 atom stereocenters. The number of benzene rings is 1. The van der Waals surface area contributed by atoms with Crippen molar-refractivity contribution < 1.29 is 4.74 Å². The summed E-state index contributed by atoms with van der Waals surface area (Å²) in [5, 5.41) is 13.3. The van der Waals surface area contributed by atoms with E-state index in [1.807, 2.05) is 25.1 Å². The summed E-state index contributed by atoms with van der Waals surface area (Å²) in [5.74, 6) is 0.686. The lowest BCUT2D eigenvalue weighted by Crippen LogP contribution is -2.33. The first kappa shape index (κ1) is 17.8. The molecule has 27 heavy (non-hydrogen) atoms. The summed E-state index contributed by atoms with van der Waals surface area (Å²) in [6.45, 7) is 4.93. The van der Waals surface area contributed by atoms with Gasteiger partial charge in [-0.3, -0.25) is 9.69 Å². The van der Waals surface area contributed by atoms with E-state index < -0.39 is 0 Å². The van der Waals surface area contributed by atoms with E-state index in [4.69, 9.17) is 4.74 Å². The van der Waals surface area contributed by atoms with Crippen molar-refractivity contribution in [2.75, 3.05) is 26.8 Å². The van der Waals surface area contributed by atoms with Gasteiger partial charge in [0.05, 0.1) is 13.2 Å². The van der Waals surface area contributed by atoms with Crippen molar-refractivity contribution in [3.05, 3.63) is 51.6 Å². The number of ether oxygens (including phenoxy) is 1. The van der Waals surface area contributed by atoms with Crippen molar-refractivity contribution in [2.45, 2.75) is 32.4 Å². The molecule has 0 saturated carbocycles. The minimum atomic E-state index is -0.270. The van der Waals surface area contributed by atoms with Crippen LogP contribution in [0.4, 0.5) is 0 Å². The highest BCUT2D eigenvalue weighted by Gasteiger charge is 2.31. The summed E-state index contributed by atoms with van der Waals surface area (Å²) in [7, 11) is 1.65. The normalized spacial score (nSPS) is 16.2. The Kier molecular flexibility index (Phi) is 5.00. The van der Waals surface area contributed by atoms with Gasteiger partial charge in [0, 0.05) is 18.2 Å². The van der Waals surface area contributed by atoms with Crippen molar-refractivity contribution in [2.24, 2.45) is 0 Å². The van der Waals surface area contributed by atoms with E-state index in [1.54, 1.807) is 11.8 Å². The Labute approximate surface area is 157 Å². The Balaban J connectivity index is 1.83. The van der Waals surface area contributed by atoms with Crippen molar-refractivity contribution in [3.63, 3.8) is 0 Å². The van der Waals surface area contributed by atoms with Gasteiger partial charge in [0.25, 0.3) is 5.56 Å². The monoisotopic (exact) mass is 368 g/mol. The number of methoxy groups -OCH3 is 1. The van der Waals surface area contributed by atoms with E-state index >= 15 is 0 Å². The van der Waals surface area contributed by atoms with Crippen LogP contribution in [0.25, 0.3) is 10.9 Å². The van der Waals surface area contributed by atoms with Gasteiger partial charge in [0.2, 0.25) is 0 Å². The third-order valence-electron chi connectivity index (χ3n) is 5.14. The van der Waals surface area contributed by atoms with Gasteiger partial charge in [-0.2, -0.15) is 0 Å². The Morgan fingerprint density at radius 3 is 2.85 bits per heavy atom. The Morgan fingerprint density at radius 2 is 2.07 bits per heavy atom. The van der Waals surface area contributed by atoms with Crippen molar-refractivity contribution >= 4 is 10.9 Å². The second-order valence-corrected chi connectivity index (χ2v) is 7.04. The van der Waals surface area contributed by atoms with Gasteiger partial charge in [0.15, 0.2) is 5.82 Å². The number of rotatable bonds is 6. The van der Waals surface area contributed by atoms with Gasteiger partial charge < -0.3 is 9.72 Å². The maximum atomic E-state index is 13.0. The Hall–Kier alpha value is -2.58. The minimum Gasteiger partial charge on any atom is -0.383 e. The van der Waals surface area contributed by atoms with Crippen molar-refractivity contribution in [1.82, 2.24) is 30.1 Å². The Morgan fingerprint density at radius 1 is 1.26 bits per heavy atom. The van der Waals surface area contributed by atoms with E-state index in [0.29, 0.717) is 24.5 Å². The largest absolute Gasteiger partial charge is 0.383 e. The zero-order valence-electron chi connectivity index (χ0n) is 15.7. The number of likely N-dealkylation sites (tertiary alicyclic amines) is 1. The molecule has 0 unspecified atom stereocenters. The summed E-state index contributed by atoms with van der Waals surface area (Å²) in [6.07, 6.45) is 2.22. The molecule has 8 heteroatoms. The van der Waals surface area contributed by atoms with E-state index in [-0.39, 0.29) is 11.6 Å².